The lowest BCUT2D eigenvalue weighted by molar-refractivity contribution is 0.673. The second-order valence-corrected chi connectivity index (χ2v) is 4.58. The molecule has 1 atom stereocenters. The van der Waals surface area contributed by atoms with Crippen molar-refractivity contribution in [3.63, 3.8) is 0 Å². The van der Waals surface area contributed by atoms with Gasteiger partial charge in [-0.15, -0.1) is 0 Å². The number of rotatable bonds is 8. The fraction of sp³-hybridized carbons (Fsp3) is 0.500. The van der Waals surface area contributed by atoms with Gasteiger partial charge >= 0.3 is 0 Å². The lowest BCUT2D eigenvalue weighted by atomic mass is 10.1. The smallest absolute Gasteiger partial charge is 0.0416 e. The van der Waals surface area contributed by atoms with Crippen LogP contribution in [0.25, 0.3) is 0 Å². The highest BCUT2D eigenvalue weighted by atomic mass is 14.9. The molecule has 0 fully saturated rings. The van der Waals surface area contributed by atoms with Crippen LogP contribution in [0.2, 0.25) is 0 Å². The van der Waals surface area contributed by atoms with Crippen LogP contribution >= 0.6 is 0 Å². The zero-order chi connectivity index (χ0) is 12.3. The van der Waals surface area contributed by atoms with E-state index >= 15 is 0 Å². The molecule has 94 valence electrons. The van der Waals surface area contributed by atoms with E-state index in [9.17, 15) is 0 Å². The number of unbranched alkanes of at least 4 members (excludes halogenated alkanes) is 4. The Morgan fingerprint density at radius 1 is 1.12 bits per heavy atom. The zero-order valence-electron chi connectivity index (χ0n) is 11.2. The van der Waals surface area contributed by atoms with E-state index in [-0.39, 0.29) is 0 Å². The Bertz CT molecular complexity index is 303. The summed E-state index contributed by atoms with van der Waals surface area (Å²) in [7, 11) is 0. The lowest BCUT2D eigenvalue weighted by Gasteiger charge is -2.10. The van der Waals surface area contributed by atoms with Crippen LogP contribution in [-0.4, -0.2) is 6.04 Å². The fourth-order valence-corrected chi connectivity index (χ4v) is 1.83. The van der Waals surface area contributed by atoms with Crippen molar-refractivity contribution in [2.45, 2.75) is 52.0 Å². The van der Waals surface area contributed by atoms with Crippen molar-refractivity contribution in [3.8, 4) is 0 Å². The maximum atomic E-state index is 3.46. The van der Waals surface area contributed by atoms with Gasteiger partial charge in [-0.2, -0.15) is 0 Å². The van der Waals surface area contributed by atoms with Crippen LogP contribution in [0.1, 0.15) is 46.0 Å². The molecule has 1 aromatic rings. The maximum absolute atomic E-state index is 3.46. The minimum Gasteiger partial charge on any atom is -0.379 e. The van der Waals surface area contributed by atoms with E-state index in [1.54, 1.807) is 0 Å². The van der Waals surface area contributed by atoms with Crippen LogP contribution in [0.5, 0.6) is 0 Å². The highest BCUT2D eigenvalue weighted by molar-refractivity contribution is 5.44. The Hall–Kier alpha value is -1.24. The molecule has 1 rings (SSSR count). The molecular formula is C16H25N. The number of nitrogens with one attached hydrogen (secondary N) is 1. The van der Waals surface area contributed by atoms with Gasteiger partial charge in [0.25, 0.3) is 0 Å². The first-order chi connectivity index (χ1) is 8.33. The summed E-state index contributed by atoms with van der Waals surface area (Å²) < 4.78 is 0. The van der Waals surface area contributed by atoms with E-state index in [0.29, 0.717) is 6.04 Å². The molecule has 0 aromatic heterocycles. The quantitative estimate of drug-likeness (QED) is 0.489. The number of benzene rings is 1. The summed E-state index contributed by atoms with van der Waals surface area (Å²) in [6.45, 7) is 4.44. The van der Waals surface area contributed by atoms with E-state index in [0.717, 1.165) is 0 Å². The van der Waals surface area contributed by atoms with Gasteiger partial charge in [-0.3, -0.25) is 0 Å². The SMILES string of the molecule is CCCCCC/C=C/C(C)Nc1ccccc1. The molecule has 1 heteroatoms. The molecule has 0 radical (unpaired) electrons. The van der Waals surface area contributed by atoms with Gasteiger partial charge in [0.2, 0.25) is 0 Å². The Morgan fingerprint density at radius 3 is 2.59 bits per heavy atom. The molecule has 0 aliphatic rings. The van der Waals surface area contributed by atoms with Crippen LogP contribution in [0.4, 0.5) is 5.69 Å². The first-order valence-electron chi connectivity index (χ1n) is 6.81. The molecule has 0 saturated carbocycles. The van der Waals surface area contributed by atoms with Gasteiger partial charge in [0.15, 0.2) is 0 Å². The number of hydrogen-bond donors (Lipinski definition) is 1. The Kier molecular flexibility index (Phi) is 7.20. The highest BCUT2D eigenvalue weighted by Crippen LogP contribution is 2.08. The van der Waals surface area contributed by atoms with Crippen molar-refractivity contribution in [2.75, 3.05) is 5.32 Å². The number of allylic oxidation sites excluding steroid dienone is 1. The van der Waals surface area contributed by atoms with Crippen molar-refractivity contribution in [1.82, 2.24) is 0 Å². The number of anilines is 1. The number of hydrogen-bond acceptors (Lipinski definition) is 1. The van der Waals surface area contributed by atoms with Crippen LogP contribution in [0, 0.1) is 0 Å². The normalized spacial score (nSPS) is 12.8. The van der Waals surface area contributed by atoms with E-state index in [2.05, 4.69) is 55.6 Å². The van der Waals surface area contributed by atoms with Crippen molar-refractivity contribution in [2.24, 2.45) is 0 Å². The van der Waals surface area contributed by atoms with Crippen LogP contribution in [-0.2, 0) is 0 Å². The van der Waals surface area contributed by atoms with Gasteiger partial charge in [0.05, 0.1) is 0 Å². The van der Waals surface area contributed by atoms with E-state index in [1.165, 1.54) is 37.8 Å². The first kappa shape index (κ1) is 13.8. The van der Waals surface area contributed by atoms with Gasteiger partial charge in [0.1, 0.15) is 0 Å². The molecule has 0 bridgehead atoms. The first-order valence-corrected chi connectivity index (χ1v) is 6.81. The minimum atomic E-state index is 0.406. The summed E-state index contributed by atoms with van der Waals surface area (Å²) in [5.41, 5.74) is 1.19. The highest BCUT2D eigenvalue weighted by Gasteiger charge is 1.95. The van der Waals surface area contributed by atoms with Gasteiger partial charge in [-0.05, 0) is 31.9 Å². The Balaban J connectivity index is 2.16. The predicted molar refractivity (Wildman–Crippen MR) is 77.4 cm³/mol. The average Bonchev–Trinajstić information content (AvgIpc) is 2.35. The molecule has 1 unspecified atom stereocenters. The molecule has 1 N–H and O–H groups in total. The summed E-state index contributed by atoms with van der Waals surface area (Å²) in [5.74, 6) is 0. The summed E-state index contributed by atoms with van der Waals surface area (Å²) >= 11 is 0. The van der Waals surface area contributed by atoms with Crippen LogP contribution < -0.4 is 5.32 Å². The zero-order valence-corrected chi connectivity index (χ0v) is 11.2. The van der Waals surface area contributed by atoms with Gasteiger partial charge in [-0.1, -0.05) is 56.5 Å². The second-order valence-electron chi connectivity index (χ2n) is 4.58. The summed E-state index contributed by atoms with van der Waals surface area (Å²) in [5, 5.41) is 3.46. The summed E-state index contributed by atoms with van der Waals surface area (Å²) in [6.07, 6.45) is 11.1. The van der Waals surface area contributed by atoms with E-state index in [4.69, 9.17) is 0 Å². The molecule has 0 heterocycles. The Labute approximate surface area is 106 Å². The molecule has 0 spiro atoms. The maximum Gasteiger partial charge on any atom is 0.0416 e. The monoisotopic (exact) mass is 231 g/mol. The minimum absolute atomic E-state index is 0.406. The third-order valence-electron chi connectivity index (χ3n) is 2.82. The van der Waals surface area contributed by atoms with Gasteiger partial charge < -0.3 is 5.32 Å². The standard InChI is InChI=1S/C16H25N/c1-3-4-5-6-7-9-12-15(2)17-16-13-10-8-11-14-16/h8-15,17H,3-7H2,1-2H3/b12-9+. The second kappa shape index (κ2) is 8.86. The van der Waals surface area contributed by atoms with Crippen molar-refractivity contribution < 1.29 is 0 Å². The third-order valence-corrected chi connectivity index (χ3v) is 2.82. The molecule has 0 amide bonds. The van der Waals surface area contributed by atoms with Crippen molar-refractivity contribution in [1.29, 1.82) is 0 Å². The largest absolute Gasteiger partial charge is 0.379 e. The van der Waals surface area contributed by atoms with E-state index < -0.39 is 0 Å². The predicted octanol–water partition coefficient (Wildman–Crippen LogP) is 5.01. The fourth-order valence-electron chi connectivity index (χ4n) is 1.83. The lowest BCUT2D eigenvalue weighted by Crippen LogP contribution is -2.11. The molecule has 0 saturated heterocycles. The van der Waals surface area contributed by atoms with E-state index in [1.807, 2.05) is 6.07 Å². The van der Waals surface area contributed by atoms with Gasteiger partial charge in [0, 0.05) is 11.7 Å². The summed E-state index contributed by atoms with van der Waals surface area (Å²) in [6, 6.07) is 10.8. The summed E-state index contributed by atoms with van der Waals surface area (Å²) in [4.78, 5) is 0. The molecule has 17 heavy (non-hydrogen) atoms. The third kappa shape index (κ3) is 6.83. The van der Waals surface area contributed by atoms with Crippen LogP contribution in [0.15, 0.2) is 42.5 Å². The van der Waals surface area contributed by atoms with Crippen molar-refractivity contribution >= 4 is 5.69 Å². The molecule has 1 aromatic carbocycles. The van der Waals surface area contributed by atoms with Gasteiger partial charge in [-0.25, -0.2) is 0 Å². The molecule has 0 aliphatic carbocycles. The molecule has 0 aliphatic heterocycles. The number of para-hydroxylation sites is 1. The average molecular weight is 231 g/mol. The topological polar surface area (TPSA) is 12.0 Å². The molecular weight excluding hydrogens is 206 g/mol. The Morgan fingerprint density at radius 2 is 1.88 bits per heavy atom. The van der Waals surface area contributed by atoms with Crippen LogP contribution in [0.3, 0.4) is 0 Å². The molecule has 1 nitrogen and oxygen atoms in total. The van der Waals surface area contributed by atoms with Crippen molar-refractivity contribution in [3.05, 3.63) is 42.5 Å².